The number of rotatable bonds is 5. The Morgan fingerprint density at radius 3 is 2.60 bits per heavy atom. The summed E-state index contributed by atoms with van der Waals surface area (Å²) in [5.41, 5.74) is 9.44. The van der Waals surface area contributed by atoms with Crippen LogP contribution in [-0.2, 0) is 0 Å². The van der Waals surface area contributed by atoms with Crippen LogP contribution in [-0.4, -0.2) is 24.8 Å². The molecule has 0 saturated heterocycles. The number of benzene rings is 1. The fourth-order valence-corrected chi connectivity index (χ4v) is 1.56. The van der Waals surface area contributed by atoms with E-state index in [4.69, 9.17) is 10.8 Å². The van der Waals surface area contributed by atoms with Crippen molar-refractivity contribution in [3.8, 4) is 0 Å². The normalized spacial score (nSPS) is 12.8. The van der Waals surface area contributed by atoms with Crippen LogP contribution >= 0.6 is 0 Å². The van der Waals surface area contributed by atoms with Crippen LogP contribution in [0.3, 0.4) is 0 Å². The van der Waals surface area contributed by atoms with Gasteiger partial charge in [-0.05, 0) is 30.5 Å². The maximum absolute atomic E-state index is 8.75. The molecule has 1 rings (SSSR count). The van der Waals surface area contributed by atoms with E-state index < -0.39 is 0 Å². The number of nitrogens with two attached hydrogens (primary N) is 1. The molecule has 0 amide bonds. The summed E-state index contributed by atoms with van der Waals surface area (Å²) in [5.74, 6) is 0. The molecule has 0 saturated carbocycles. The first-order valence-corrected chi connectivity index (χ1v) is 5.30. The lowest BCUT2D eigenvalue weighted by Crippen LogP contribution is -2.30. The Hall–Kier alpha value is -0.900. The van der Waals surface area contributed by atoms with Crippen molar-refractivity contribution < 1.29 is 5.11 Å². The average Bonchev–Trinajstić information content (AvgIpc) is 2.24. The van der Waals surface area contributed by atoms with Gasteiger partial charge in [-0.25, -0.2) is 0 Å². The van der Waals surface area contributed by atoms with Crippen LogP contribution in [0.25, 0.3) is 0 Å². The van der Waals surface area contributed by atoms with Crippen molar-refractivity contribution in [1.82, 2.24) is 5.32 Å². The van der Waals surface area contributed by atoms with Gasteiger partial charge >= 0.3 is 0 Å². The van der Waals surface area contributed by atoms with Crippen molar-refractivity contribution in [2.75, 3.05) is 19.7 Å². The van der Waals surface area contributed by atoms with E-state index in [1.165, 1.54) is 16.7 Å². The summed E-state index contributed by atoms with van der Waals surface area (Å²) in [5, 5.41) is 12.0. The Labute approximate surface area is 91.3 Å². The number of hydrogen-bond acceptors (Lipinski definition) is 3. The van der Waals surface area contributed by atoms with Crippen LogP contribution in [0.2, 0.25) is 0 Å². The third-order valence-corrected chi connectivity index (χ3v) is 2.67. The maximum Gasteiger partial charge on any atom is 0.0556 e. The SMILES string of the molecule is Cc1ccc(C(CN)NCCO)cc1C. The van der Waals surface area contributed by atoms with E-state index in [1.54, 1.807) is 0 Å². The van der Waals surface area contributed by atoms with Crippen molar-refractivity contribution in [2.24, 2.45) is 5.73 Å². The highest BCUT2D eigenvalue weighted by Crippen LogP contribution is 2.16. The highest BCUT2D eigenvalue weighted by atomic mass is 16.3. The second-order valence-electron chi connectivity index (χ2n) is 3.81. The first kappa shape index (κ1) is 12.2. The third-order valence-electron chi connectivity index (χ3n) is 2.67. The van der Waals surface area contributed by atoms with E-state index >= 15 is 0 Å². The van der Waals surface area contributed by atoms with E-state index in [2.05, 4.69) is 37.4 Å². The van der Waals surface area contributed by atoms with E-state index in [0.717, 1.165) is 0 Å². The van der Waals surface area contributed by atoms with Gasteiger partial charge in [-0.15, -0.1) is 0 Å². The molecular weight excluding hydrogens is 188 g/mol. The molecule has 3 nitrogen and oxygen atoms in total. The molecule has 0 aromatic heterocycles. The van der Waals surface area contributed by atoms with Crippen LogP contribution in [0.5, 0.6) is 0 Å². The number of aryl methyl sites for hydroxylation is 2. The van der Waals surface area contributed by atoms with Gasteiger partial charge in [0.15, 0.2) is 0 Å². The monoisotopic (exact) mass is 208 g/mol. The highest BCUT2D eigenvalue weighted by molar-refractivity contribution is 5.31. The predicted octanol–water partition coefficient (Wildman–Crippen LogP) is 0.885. The van der Waals surface area contributed by atoms with Gasteiger partial charge in [0.2, 0.25) is 0 Å². The van der Waals surface area contributed by atoms with Crippen LogP contribution < -0.4 is 11.1 Å². The zero-order valence-corrected chi connectivity index (χ0v) is 9.46. The Morgan fingerprint density at radius 2 is 2.07 bits per heavy atom. The molecule has 0 aliphatic heterocycles. The van der Waals surface area contributed by atoms with Gasteiger partial charge in [0.1, 0.15) is 0 Å². The minimum Gasteiger partial charge on any atom is -0.395 e. The molecule has 1 atom stereocenters. The molecule has 15 heavy (non-hydrogen) atoms. The second kappa shape index (κ2) is 5.85. The molecule has 0 radical (unpaired) electrons. The number of nitrogens with one attached hydrogen (secondary N) is 1. The van der Waals surface area contributed by atoms with Crippen molar-refractivity contribution in [3.05, 3.63) is 34.9 Å². The van der Waals surface area contributed by atoms with Crippen molar-refractivity contribution in [1.29, 1.82) is 0 Å². The van der Waals surface area contributed by atoms with Gasteiger partial charge in [-0.1, -0.05) is 18.2 Å². The fraction of sp³-hybridized carbons (Fsp3) is 0.500. The minimum atomic E-state index is 0.136. The molecule has 0 aliphatic rings. The summed E-state index contributed by atoms with van der Waals surface area (Å²) in [6.45, 7) is 5.45. The van der Waals surface area contributed by atoms with Gasteiger partial charge in [0, 0.05) is 19.1 Å². The highest BCUT2D eigenvalue weighted by Gasteiger charge is 2.08. The summed E-state index contributed by atoms with van der Waals surface area (Å²) in [6, 6.07) is 6.48. The van der Waals surface area contributed by atoms with Gasteiger partial charge < -0.3 is 16.2 Å². The lowest BCUT2D eigenvalue weighted by molar-refractivity contribution is 0.285. The molecule has 0 heterocycles. The zero-order chi connectivity index (χ0) is 11.3. The van der Waals surface area contributed by atoms with E-state index in [0.29, 0.717) is 13.1 Å². The summed E-state index contributed by atoms with van der Waals surface area (Å²) in [7, 11) is 0. The quantitative estimate of drug-likeness (QED) is 0.673. The minimum absolute atomic E-state index is 0.136. The van der Waals surface area contributed by atoms with Crippen LogP contribution in [0, 0.1) is 13.8 Å². The Kier molecular flexibility index (Phi) is 4.75. The molecular formula is C12H20N2O. The predicted molar refractivity (Wildman–Crippen MR) is 62.8 cm³/mol. The zero-order valence-electron chi connectivity index (χ0n) is 9.46. The number of aliphatic hydroxyl groups excluding tert-OH is 1. The van der Waals surface area contributed by atoms with Crippen LogP contribution in [0.15, 0.2) is 18.2 Å². The molecule has 0 bridgehead atoms. The summed E-state index contributed by atoms with van der Waals surface area (Å²) in [6.07, 6.45) is 0. The maximum atomic E-state index is 8.75. The summed E-state index contributed by atoms with van der Waals surface area (Å²) < 4.78 is 0. The summed E-state index contributed by atoms with van der Waals surface area (Å²) in [4.78, 5) is 0. The topological polar surface area (TPSA) is 58.3 Å². The average molecular weight is 208 g/mol. The first-order valence-electron chi connectivity index (χ1n) is 5.30. The first-order chi connectivity index (χ1) is 7.19. The lowest BCUT2D eigenvalue weighted by atomic mass is 10.0. The van der Waals surface area contributed by atoms with Gasteiger partial charge in [0.05, 0.1) is 6.61 Å². The van der Waals surface area contributed by atoms with Gasteiger partial charge in [-0.3, -0.25) is 0 Å². The van der Waals surface area contributed by atoms with Gasteiger partial charge in [0.25, 0.3) is 0 Å². The molecule has 1 aromatic carbocycles. The molecule has 0 aliphatic carbocycles. The largest absolute Gasteiger partial charge is 0.395 e. The molecule has 0 fully saturated rings. The van der Waals surface area contributed by atoms with Gasteiger partial charge in [-0.2, -0.15) is 0 Å². The molecule has 3 heteroatoms. The smallest absolute Gasteiger partial charge is 0.0556 e. The number of aliphatic hydroxyl groups is 1. The molecule has 84 valence electrons. The standard InChI is InChI=1S/C12H20N2O/c1-9-3-4-11(7-10(9)2)12(8-13)14-5-6-15/h3-4,7,12,14-15H,5-6,8,13H2,1-2H3. The summed E-state index contributed by atoms with van der Waals surface area (Å²) >= 11 is 0. The molecule has 0 spiro atoms. The second-order valence-corrected chi connectivity index (χ2v) is 3.81. The third kappa shape index (κ3) is 3.30. The van der Waals surface area contributed by atoms with Crippen molar-refractivity contribution in [2.45, 2.75) is 19.9 Å². The Bertz CT molecular complexity index is 312. The van der Waals surface area contributed by atoms with Crippen molar-refractivity contribution >= 4 is 0 Å². The Morgan fingerprint density at radius 1 is 1.33 bits per heavy atom. The van der Waals surface area contributed by atoms with Crippen molar-refractivity contribution in [3.63, 3.8) is 0 Å². The molecule has 1 unspecified atom stereocenters. The van der Waals surface area contributed by atoms with E-state index in [9.17, 15) is 0 Å². The lowest BCUT2D eigenvalue weighted by Gasteiger charge is -2.17. The van der Waals surface area contributed by atoms with E-state index in [-0.39, 0.29) is 12.6 Å². The van der Waals surface area contributed by atoms with Crippen LogP contribution in [0.1, 0.15) is 22.7 Å². The number of hydrogen-bond donors (Lipinski definition) is 3. The Balaban J connectivity index is 2.78. The fourth-order valence-electron chi connectivity index (χ4n) is 1.56. The van der Waals surface area contributed by atoms with E-state index in [1.807, 2.05) is 0 Å². The molecule has 1 aromatic rings. The molecule has 4 N–H and O–H groups in total. The van der Waals surface area contributed by atoms with Crippen LogP contribution in [0.4, 0.5) is 0 Å².